The summed E-state index contributed by atoms with van der Waals surface area (Å²) in [5, 5.41) is 9.02. The van der Waals surface area contributed by atoms with Crippen molar-refractivity contribution in [3.8, 4) is 0 Å². The molecule has 0 saturated carbocycles. The molecule has 2 heteroatoms. The van der Waals surface area contributed by atoms with Crippen LogP contribution in [0, 0.1) is 6.92 Å². The minimum absolute atomic E-state index is 1.22. The highest BCUT2D eigenvalue weighted by atomic mass is 31.2. The molecule has 0 bridgehead atoms. The maximum Gasteiger partial charge on any atom is 0.112 e. The van der Waals surface area contributed by atoms with Gasteiger partial charge in [-0.05, 0) is 111 Å². The minimum Gasteiger partial charge on any atom is -0.0620 e. The van der Waals surface area contributed by atoms with Crippen molar-refractivity contribution in [1.82, 2.24) is 0 Å². The van der Waals surface area contributed by atoms with Gasteiger partial charge in [0.1, 0.15) is 46.4 Å². The van der Waals surface area contributed by atoms with E-state index in [1.807, 2.05) is 0 Å². The van der Waals surface area contributed by atoms with Crippen LogP contribution in [-0.4, -0.2) is 12.3 Å². The Bertz CT molecular complexity index is 1650. The summed E-state index contributed by atoms with van der Waals surface area (Å²) < 4.78 is 0. The second-order valence-corrected chi connectivity index (χ2v) is 20.3. The molecule has 6 aromatic carbocycles. The van der Waals surface area contributed by atoms with Gasteiger partial charge < -0.3 is 0 Å². The van der Waals surface area contributed by atoms with Crippen LogP contribution < -0.4 is 31.8 Å². The second kappa shape index (κ2) is 17.0. The Morgan fingerprint density at radius 2 is 0.562 bits per heavy atom. The Hall–Kier alpha value is -3.82. The van der Waals surface area contributed by atoms with Crippen LogP contribution >= 0.6 is 14.5 Å². The van der Waals surface area contributed by atoms with Crippen LogP contribution in [-0.2, 0) is 0 Å². The first-order chi connectivity index (χ1) is 23.7. The molecule has 0 amide bonds. The number of benzene rings is 6. The summed E-state index contributed by atoms with van der Waals surface area (Å²) in [5.74, 6) is 0. The molecule has 0 aliphatic carbocycles. The molecular weight excluding hydrogens is 614 g/mol. The molecule has 0 N–H and O–H groups in total. The number of unbranched alkanes of at least 4 members (excludes halogenated alkanes) is 6. The van der Waals surface area contributed by atoms with E-state index < -0.39 is 14.5 Å². The molecule has 0 unspecified atom stereocenters. The van der Waals surface area contributed by atoms with Crippen LogP contribution in [0.2, 0.25) is 0 Å². The zero-order valence-corrected chi connectivity index (χ0v) is 30.3. The van der Waals surface area contributed by atoms with Crippen molar-refractivity contribution in [3.63, 3.8) is 0 Å². The lowest BCUT2D eigenvalue weighted by Gasteiger charge is -2.28. The fourth-order valence-corrected chi connectivity index (χ4v) is 16.4. The molecule has 48 heavy (non-hydrogen) atoms. The normalized spacial score (nSPS) is 11.8. The predicted octanol–water partition coefficient (Wildman–Crippen LogP) is 10.0. The van der Waals surface area contributed by atoms with E-state index in [1.54, 1.807) is 0 Å². The SMILES string of the molecule is Cc1cccc([P+](CCCCCCCCC[P+](c2ccccc2)(c2ccccc2)c2ccccc2)(c2ccccc2)c2ccccc2)c1. The third-order valence-corrected chi connectivity index (χ3v) is 18.9. The second-order valence-electron chi connectivity index (χ2n) is 13.1. The van der Waals surface area contributed by atoms with Gasteiger partial charge in [0.05, 0.1) is 12.3 Å². The summed E-state index contributed by atoms with van der Waals surface area (Å²) >= 11 is 0. The first-order valence-electron chi connectivity index (χ1n) is 17.8. The molecule has 0 aromatic heterocycles. The first-order valence-corrected chi connectivity index (χ1v) is 21.8. The average Bonchev–Trinajstić information content (AvgIpc) is 3.16. The molecular formula is C46H50P2+2. The van der Waals surface area contributed by atoms with Crippen molar-refractivity contribution in [2.24, 2.45) is 0 Å². The van der Waals surface area contributed by atoms with Gasteiger partial charge in [-0.2, -0.15) is 0 Å². The van der Waals surface area contributed by atoms with Crippen molar-refractivity contribution < 1.29 is 0 Å². The van der Waals surface area contributed by atoms with E-state index >= 15 is 0 Å². The van der Waals surface area contributed by atoms with Crippen LogP contribution in [0.1, 0.15) is 50.5 Å². The standard InChI is InChI=1S/C46H50P2/c1-40-25-24-36-46(39-40)48(44-32-18-10-19-33-44,45-34-20-11-21-35-45)38-23-6-4-2-3-5-22-37-47(41-26-12-7-13-27-41,42-28-14-8-15-29-42)43-30-16-9-17-31-43/h7-21,24-36,39H,2-6,22-23,37-38H2,1H3/q+2. The smallest absolute Gasteiger partial charge is 0.0620 e. The molecule has 6 rings (SSSR count). The van der Waals surface area contributed by atoms with Crippen molar-refractivity contribution in [1.29, 1.82) is 0 Å². The third-order valence-electron chi connectivity index (χ3n) is 9.91. The molecule has 0 nitrogen and oxygen atoms in total. The number of aryl methyl sites for hydroxylation is 1. The van der Waals surface area contributed by atoms with E-state index in [9.17, 15) is 0 Å². The largest absolute Gasteiger partial charge is 0.112 e. The highest BCUT2D eigenvalue weighted by Gasteiger charge is 2.45. The Morgan fingerprint density at radius 3 is 0.875 bits per heavy atom. The molecule has 6 aromatic rings. The number of rotatable bonds is 16. The fourth-order valence-electron chi connectivity index (χ4n) is 7.53. The van der Waals surface area contributed by atoms with Gasteiger partial charge in [-0.25, -0.2) is 0 Å². The minimum atomic E-state index is -1.75. The van der Waals surface area contributed by atoms with Gasteiger partial charge in [0.2, 0.25) is 0 Å². The van der Waals surface area contributed by atoms with Gasteiger partial charge in [-0.3, -0.25) is 0 Å². The predicted molar refractivity (Wildman–Crippen MR) is 217 cm³/mol. The zero-order valence-electron chi connectivity index (χ0n) is 28.5. The molecule has 0 heterocycles. The van der Waals surface area contributed by atoms with Crippen LogP contribution in [0.25, 0.3) is 0 Å². The van der Waals surface area contributed by atoms with E-state index in [1.165, 1.54) is 94.7 Å². The molecule has 0 saturated heterocycles. The summed E-state index contributed by atoms with van der Waals surface area (Å²) in [4.78, 5) is 0. The van der Waals surface area contributed by atoms with E-state index in [2.05, 4.69) is 183 Å². The van der Waals surface area contributed by atoms with Gasteiger partial charge in [0.15, 0.2) is 0 Å². The molecule has 0 aliphatic heterocycles. The first kappa shape index (κ1) is 34.1. The topological polar surface area (TPSA) is 0 Å². The van der Waals surface area contributed by atoms with Gasteiger partial charge >= 0.3 is 0 Å². The Kier molecular flexibility index (Phi) is 12.1. The van der Waals surface area contributed by atoms with E-state index in [-0.39, 0.29) is 0 Å². The summed E-state index contributed by atoms with van der Waals surface area (Å²) in [6.07, 6.45) is 11.5. The Labute approximate surface area is 291 Å². The maximum absolute atomic E-state index is 2.46. The third kappa shape index (κ3) is 7.73. The van der Waals surface area contributed by atoms with Crippen LogP contribution in [0.15, 0.2) is 176 Å². The summed E-state index contributed by atoms with van der Waals surface area (Å²) in [7, 11) is -3.48. The van der Waals surface area contributed by atoms with Gasteiger partial charge in [-0.1, -0.05) is 122 Å². The highest BCUT2D eigenvalue weighted by molar-refractivity contribution is 7.96. The molecule has 0 spiro atoms. The average molecular weight is 665 g/mol. The van der Waals surface area contributed by atoms with Gasteiger partial charge in [0.25, 0.3) is 0 Å². The summed E-state index contributed by atoms with van der Waals surface area (Å²) in [6.45, 7) is 2.24. The quantitative estimate of drug-likeness (QED) is 0.0714. The van der Waals surface area contributed by atoms with Crippen LogP contribution in [0.3, 0.4) is 0 Å². The summed E-state index contributed by atoms with van der Waals surface area (Å²) in [5.41, 5.74) is 1.35. The fraction of sp³-hybridized carbons (Fsp3) is 0.217. The van der Waals surface area contributed by atoms with Crippen molar-refractivity contribution in [2.45, 2.75) is 51.9 Å². The number of hydrogen-bond donors (Lipinski definition) is 0. The van der Waals surface area contributed by atoms with Crippen molar-refractivity contribution >= 4 is 46.4 Å². The van der Waals surface area contributed by atoms with Crippen molar-refractivity contribution in [2.75, 3.05) is 12.3 Å². The monoisotopic (exact) mass is 664 g/mol. The van der Waals surface area contributed by atoms with Gasteiger partial charge in [-0.15, -0.1) is 0 Å². The van der Waals surface area contributed by atoms with Crippen molar-refractivity contribution in [3.05, 3.63) is 181 Å². The Morgan fingerprint density at radius 1 is 0.292 bits per heavy atom. The molecule has 0 aliphatic rings. The molecule has 0 atom stereocenters. The molecule has 0 radical (unpaired) electrons. The molecule has 242 valence electrons. The highest BCUT2D eigenvalue weighted by Crippen LogP contribution is 2.57. The lowest BCUT2D eigenvalue weighted by Crippen LogP contribution is -2.33. The Balaban J connectivity index is 1.11. The molecule has 0 fully saturated rings. The maximum atomic E-state index is 2.46. The number of hydrogen-bond acceptors (Lipinski definition) is 0. The lowest BCUT2D eigenvalue weighted by atomic mass is 10.1. The van der Waals surface area contributed by atoms with Crippen LogP contribution in [0.4, 0.5) is 0 Å². The lowest BCUT2D eigenvalue weighted by molar-refractivity contribution is 0.604. The summed E-state index contributed by atoms with van der Waals surface area (Å²) in [6, 6.07) is 66.1. The van der Waals surface area contributed by atoms with Gasteiger partial charge in [0, 0.05) is 0 Å². The van der Waals surface area contributed by atoms with E-state index in [4.69, 9.17) is 0 Å². The van der Waals surface area contributed by atoms with Crippen LogP contribution in [0.5, 0.6) is 0 Å². The van der Waals surface area contributed by atoms with E-state index in [0.717, 1.165) is 0 Å². The van der Waals surface area contributed by atoms with E-state index in [0.29, 0.717) is 0 Å². The zero-order chi connectivity index (χ0) is 32.9.